The summed E-state index contributed by atoms with van der Waals surface area (Å²) in [7, 11) is -0.365. The number of carbonyl (C=O) groups is 1. The number of hydrogen-bond acceptors (Lipinski definition) is 5. The molecule has 1 amide bonds. The third kappa shape index (κ3) is 3.29. The summed E-state index contributed by atoms with van der Waals surface area (Å²) in [5.41, 5.74) is 0. The molecule has 9 heteroatoms. The van der Waals surface area contributed by atoms with Gasteiger partial charge in [-0.15, -0.1) is 0 Å². The van der Waals surface area contributed by atoms with E-state index in [4.69, 9.17) is 4.74 Å². The molecule has 8 nitrogen and oxygen atoms in total. The van der Waals surface area contributed by atoms with Gasteiger partial charge >= 0.3 is 0 Å². The maximum Gasteiger partial charge on any atom is 0.281 e. The highest BCUT2D eigenvalue weighted by molar-refractivity contribution is 7.86. The molecule has 20 heavy (non-hydrogen) atoms. The first-order valence-corrected chi connectivity index (χ1v) is 8.10. The fraction of sp³-hybridized carbons (Fsp3) is 0.909. The van der Waals surface area contributed by atoms with Gasteiger partial charge in [0.1, 0.15) is 6.04 Å². The van der Waals surface area contributed by atoms with Crippen molar-refractivity contribution >= 4 is 16.1 Å². The standard InChI is InChI=1S/C11H22N4O4S/c1-13(2)20(17,18)15-6-4-14(5-7-15)11(16)10-9-19-8-3-12-10/h10,12H,3-9H2,1-2H3. The van der Waals surface area contributed by atoms with Gasteiger partial charge in [-0.05, 0) is 0 Å². The quantitative estimate of drug-likeness (QED) is 0.647. The first-order chi connectivity index (χ1) is 9.43. The normalized spacial score (nSPS) is 25.9. The second-order valence-corrected chi connectivity index (χ2v) is 7.24. The molecule has 116 valence electrons. The summed E-state index contributed by atoms with van der Waals surface area (Å²) in [6.45, 7) is 3.19. The summed E-state index contributed by atoms with van der Waals surface area (Å²) in [6, 6.07) is -0.305. The number of ether oxygens (including phenoxy) is 1. The van der Waals surface area contributed by atoms with E-state index < -0.39 is 10.2 Å². The van der Waals surface area contributed by atoms with Crippen molar-refractivity contribution in [3.05, 3.63) is 0 Å². The summed E-state index contributed by atoms with van der Waals surface area (Å²) in [6.07, 6.45) is 0. The van der Waals surface area contributed by atoms with Crippen molar-refractivity contribution in [1.29, 1.82) is 0 Å². The van der Waals surface area contributed by atoms with Gasteiger partial charge in [-0.25, -0.2) is 0 Å². The summed E-state index contributed by atoms with van der Waals surface area (Å²) < 4.78 is 31.8. The Bertz CT molecular complexity index is 439. The molecule has 1 atom stereocenters. The second-order valence-electron chi connectivity index (χ2n) is 5.10. The minimum atomic E-state index is -3.39. The van der Waals surface area contributed by atoms with Crippen LogP contribution in [0, 0.1) is 0 Å². The maximum absolute atomic E-state index is 12.2. The zero-order valence-corrected chi connectivity index (χ0v) is 12.7. The Morgan fingerprint density at radius 3 is 2.40 bits per heavy atom. The number of carbonyl (C=O) groups excluding carboxylic acids is 1. The molecular formula is C11H22N4O4S. The SMILES string of the molecule is CN(C)S(=O)(=O)N1CCN(C(=O)C2COCCN2)CC1. The number of nitrogens with zero attached hydrogens (tertiary/aromatic N) is 3. The summed E-state index contributed by atoms with van der Waals surface area (Å²) in [5, 5.41) is 3.12. The van der Waals surface area contributed by atoms with Gasteiger partial charge in [0.05, 0.1) is 13.2 Å². The Morgan fingerprint density at radius 2 is 1.90 bits per heavy atom. The van der Waals surface area contributed by atoms with Gasteiger partial charge in [-0.2, -0.15) is 17.0 Å². The predicted octanol–water partition coefficient (Wildman–Crippen LogP) is -2.07. The van der Waals surface area contributed by atoms with Crippen LogP contribution in [0.25, 0.3) is 0 Å². The number of amides is 1. The fourth-order valence-corrected chi connectivity index (χ4v) is 3.40. The average Bonchev–Trinajstić information content (AvgIpc) is 2.47. The molecule has 2 aliphatic rings. The van der Waals surface area contributed by atoms with E-state index in [1.165, 1.54) is 22.7 Å². The van der Waals surface area contributed by atoms with Gasteiger partial charge < -0.3 is 15.0 Å². The number of morpholine rings is 1. The summed E-state index contributed by atoms with van der Waals surface area (Å²) in [4.78, 5) is 14.0. The fourth-order valence-electron chi connectivity index (χ4n) is 2.31. The third-order valence-corrected chi connectivity index (χ3v) is 5.50. The van der Waals surface area contributed by atoms with E-state index in [2.05, 4.69) is 5.32 Å². The number of nitrogens with one attached hydrogen (secondary N) is 1. The van der Waals surface area contributed by atoms with Crippen molar-refractivity contribution in [1.82, 2.24) is 18.8 Å². The van der Waals surface area contributed by atoms with Crippen LogP contribution < -0.4 is 5.32 Å². The van der Waals surface area contributed by atoms with Crippen molar-refractivity contribution in [2.75, 3.05) is 60.0 Å². The molecule has 0 aliphatic carbocycles. The molecule has 0 aromatic rings. The lowest BCUT2D eigenvalue weighted by molar-refractivity contribution is -0.137. The molecule has 1 unspecified atom stereocenters. The highest BCUT2D eigenvalue weighted by Crippen LogP contribution is 2.11. The number of piperazine rings is 1. The Kier molecular flexibility index (Phi) is 4.97. The molecule has 0 bridgehead atoms. The number of rotatable bonds is 3. The van der Waals surface area contributed by atoms with Crippen LogP contribution in [0.15, 0.2) is 0 Å². The number of hydrogen-bond donors (Lipinski definition) is 1. The third-order valence-electron chi connectivity index (χ3n) is 3.56. The van der Waals surface area contributed by atoms with Gasteiger partial charge in [-0.3, -0.25) is 4.79 Å². The van der Waals surface area contributed by atoms with Crippen LogP contribution in [0.2, 0.25) is 0 Å². The van der Waals surface area contributed by atoms with Gasteiger partial charge in [-0.1, -0.05) is 0 Å². The lowest BCUT2D eigenvalue weighted by Gasteiger charge is -2.37. The first kappa shape index (κ1) is 15.6. The molecule has 2 heterocycles. The van der Waals surface area contributed by atoms with Crippen LogP contribution in [0.4, 0.5) is 0 Å². The lowest BCUT2D eigenvalue weighted by Crippen LogP contribution is -2.58. The smallest absolute Gasteiger partial charge is 0.281 e. The minimum Gasteiger partial charge on any atom is -0.378 e. The molecule has 0 aromatic carbocycles. The van der Waals surface area contributed by atoms with Gasteiger partial charge in [0.25, 0.3) is 10.2 Å². The molecule has 2 rings (SSSR count). The Labute approximate surface area is 119 Å². The highest BCUT2D eigenvalue weighted by Gasteiger charge is 2.33. The van der Waals surface area contributed by atoms with Crippen molar-refractivity contribution in [3.8, 4) is 0 Å². The average molecular weight is 306 g/mol. The zero-order valence-electron chi connectivity index (χ0n) is 11.9. The minimum absolute atomic E-state index is 0.00778. The van der Waals surface area contributed by atoms with E-state index in [0.29, 0.717) is 45.9 Å². The molecule has 0 spiro atoms. The van der Waals surface area contributed by atoms with Crippen LogP contribution in [-0.2, 0) is 19.7 Å². The van der Waals surface area contributed by atoms with E-state index in [-0.39, 0.29) is 11.9 Å². The maximum atomic E-state index is 12.2. The monoisotopic (exact) mass is 306 g/mol. The molecule has 2 saturated heterocycles. The van der Waals surface area contributed by atoms with Gasteiger partial charge in [0, 0.05) is 46.8 Å². The van der Waals surface area contributed by atoms with Crippen LogP contribution in [0.1, 0.15) is 0 Å². The first-order valence-electron chi connectivity index (χ1n) is 6.70. The second kappa shape index (κ2) is 6.35. The van der Waals surface area contributed by atoms with E-state index in [9.17, 15) is 13.2 Å². The van der Waals surface area contributed by atoms with Crippen molar-refractivity contribution in [2.45, 2.75) is 6.04 Å². The Balaban J connectivity index is 1.89. The lowest BCUT2D eigenvalue weighted by atomic mass is 10.2. The molecule has 0 radical (unpaired) electrons. The largest absolute Gasteiger partial charge is 0.378 e. The van der Waals surface area contributed by atoms with Crippen LogP contribution in [-0.4, -0.2) is 93.9 Å². The molecular weight excluding hydrogens is 284 g/mol. The Hall–Kier alpha value is -0.740. The molecule has 1 N–H and O–H groups in total. The van der Waals surface area contributed by atoms with Gasteiger partial charge in [0.15, 0.2) is 0 Å². The van der Waals surface area contributed by atoms with E-state index in [1.807, 2.05) is 0 Å². The van der Waals surface area contributed by atoms with Crippen LogP contribution in [0.3, 0.4) is 0 Å². The van der Waals surface area contributed by atoms with Crippen LogP contribution >= 0.6 is 0 Å². The molecule has 2 aliphatic heterocycles. The van der Waals surface area contributed by atoms with E-state index in [0.717, 1.165) is 0 Å². The molecule has 2 fully saturated rings. The predicted molar refractivity (Wildman–Crippen MR) is 73.4 cm³/mol. The van der Waals surface area contributed by atoms with Crippen molar-refractivity contribution in [3.63, 3.8) is 0 Å². The highest BCUT2D eigenvalue weighted by atomic mass is 32.2. The summed E-state index contributed by atoms with van der Waals surface area (Å²) in [5.74, 6) is -0.00778. The van der Waals surface area contributed by atoms with Crippen molar-refractivity contribution in [2.24, 2.45) is 0 Å². The van der Waals surface area contributed by atoms with Gasteiger partial charge in [0.2, 0.25) is 5.91 Å². The Morgan fingerprint density at radius 1 is 1.25 bits per heavy atom. The molecule has 0 aromatic heterocycles. The van der Waals surface area contributed by atoms with E-state index >= 15 is 0 Å². The summed E-state index contributed by atoms with van der Waals surface area (Å²) >= 11 is 0. The van der Waals surface area contributed by atoms with Crippen LogP contribution in [0.5, 0.6) is 0 Å². The van der Waals surface area contributed by atoms with E-state index in [1.54, 1.807) is 4.90 Å². The molecule has 0 saturated carbocycles. The topological polar surface area (TPSA) is 82.2 Å². The van der Waals surface area contributed by atoms with Crippen molar-refractivity contribution < 1.29 is 17.9 Å². The zero-order chi connectivity index (χ0) is 14.8.